The molecule has 2 amide bonds. The number of amides is 2. The summed E-state index contributed by atoms with van der Waals surface area (Å²) in [7, 11) is 0. The van der Waals surface area contributed by atoms with Gasteiger partial charge in [0.2, 0.25) is 5.91 Å². The smallest absolute Gasteiger partial charge is 0.326 e. The first-order valence-electron chi connectivity index (χ1n) is 8.10. The van der Waals surface area contributed by atoms with Crippen molar-refractivity contribution in [1.29, 1.82) is 0 Å². The van der Waals surface area contributed by atoms with E-state index in [1.807, 2.05) is 0 Å². The van der Waals surface area contributed by atoms with Crippen LogP contribution in [0.3, 0.4) is 0 Å². The molecular formula is C16H10Cl2F3N5O2S. The standard InChI is InChI=1S/C16H10Cl2F3N5O2S/c17-8-5-9(16(19,20)21)13-23-11(12(18)26(13)6-8)14(28)24-2-3-25(10(27)7-24)15-22-1-4-29-15/h1,4-6H,2-3,7H2. The van der Waals surface area contributed by atoms with Crippen LogP contribution in [0.2, 0.25) is 10.2 Å². The first kappa shape index (κ1) is 19.9. The second-order valence-electron chi connectivity index (χ2n) is 6.10. The summed E-state index contributed by atoms with van der Waals surface area (Å²) in [6.07, 6.45) is -2.04. The van der Waals surface area contributed by atoms with E-state index in [0.717, 1.165) is 10.6 Å². The average Bonchev–Trinajstić information content (AvgIpc) is 3.29. The fourth-order valence-corrected chi connectivity index (χ4v) is 4.12. The van der Waals surface area contributed by atoms with E-state index in [1.54, 1.807) is 11.6 Å². The Kier molecular flexibility index (Phi) is 4.91. The molecule has 3 aromatic rings. The number of aromatic nitrogens is 3. The predicted octanol–water partition coefficient (Wildman–Crippen LogP) is 3.61. The maximum Gasteiger partial charge on any atom is 0.420 e. The minimum Gasteiger partial charge on any atom is -0.326 e. The van der Waals surface area contributed by atoms with Gasteiger partial charge in [0.15, 0.2) is 16.5 Å². The van der Waals surface area contributed by atoms with E-state index in [4.69, 9.17) is 23.2 Å². The number of hydrogen-bond donors (Lipinski definition) is 0. The normalized spacial score (nSPS) is 15.4. The third-order valence-corrected chi connectivity index (χ3v) is 5.66. The molecule has 1 fully saturated rings. The van der Waals surface area contributed by atoms with E-state index in [2.05, 4.69) is 9.97 Å². The van der Waals surface area contributed by atoms with Crippen LogP contribution in [-0.4, -0.2) is 50.7 Å². The highest BCUT2D eigenvalue weighted by Gasteiger charge is 2.37. The van der Waals surface area contributed by atoms with E-state index in [9.17, 15) is 22.8 Å². The number of carbonyl (C=O) groups is 2. The molecule has 0 saturated carbocycles. The zero-order valence-electron chi connectivity index (χ0n) is 14.3. The van der Waals surface area contributed by atoms with Crippen molar-refractivity contribution in [2.75, 3.05) is 24.5 Å². The Hall–Kier alpha value is -2.37. The lowest BCUT2D eigenvalue weighted by atomic mass is 10.2. The number of alkyl halides is 3. The monoisotopic (exact) mass is 463 g/mol. The zero-order chi connectivity index (χ0) is 20.9. The molecule has 0 aliphatic carbocycles. The van der Waals surface area contributed by atoms with Gasteiger partial charge in [-0.3, -0.25) is 18.9 Å². The topological polar surface area (TPSA) is 70.8 Å². The van der Waals surface area contributed by atoms with E-state index < -0.39 is 23.3 Å². The van der Waals surface area contributed by atoms with Gasteiger partial charge < -0.3 is 4.90 Å². The third kappa shape index (κ3) is 3.53. The zero-order valence-corrected chi connectivity index (χ0v) is 16.6. The van der Waals surface area contributed by atoms with Crippen molar-refractivity contribution in [2.45, 2.75) is 6.18 Å². The Morgan fingerprint density at radius 3 is 2.62 bits per heavy atom. The number of hydrogen-bond acceptors (Lipinski definition) is 5. The van der Waals surface area contributed by atoms with Crippen molar-refractivity contribution in [2.24, 2.45) is 0 Å². The first-order valence-corrected chi connectivity index (χ1v) is 9.74. The first-order chi connectivity index (χ1) is 13.7. The van der Waals surface area contributed by atoms with Crippen LogP contribution in [0.15, 0.2) is 23.8 Å². The lowest BCUT2D eigenvalue weighted by Crippen LogP contribution is -2.52. The summed E-state index contributed by atoms with van der Waals surface area (Å²) in [5, 5.41) is 1.71. The number of fused-ring (bicyclic) bond motifs is 1. The highest BCUT2D eigenvalue weighted by molar-refractivity contribution is 7.13. The quantitative estimate of drug-likeness (QED) is 0.581. The van der Waals surface area contributed by atoms with Gasteiger partial charge in [-0.25, -0.2) is 9.97 Å². The van der Waals surface area contributed by atoms with E-state index in [-0.39, 0.29) is 41.4 Å². The number of imidazole rings is 1. The molecule has 4 rings (SSSR count). The number of pyridine rings is 1. The van der Waals surface area contributed by atoms with Gasteiger partial charge in [0.1, 0.15) is 17.3 Å². The van der Waals surface area contributed by atoms with E-state index >= 15 is 0 Å². The molecule has 13 heteroatoms. The van der Waals surface area contributed by atoms with Crippen LogP contribution in [0.25, 0.3) is 5.65 Å². The van der Waals surface area contributed by atoms with Crippen molar-refractivity contribution < 1.29 is 22.8 Å². The lowest BCUT2D eigenvalue weighted by Gasteiger charge is -2.32. The Labute approximate surface area is 175 Å². The highest BCUT2D eigenvalue weighted by atomic mass is 35.5. The van der Waals surface area contributed by atoms with Crippen LogP contribution in [0.5, 0.6) is 0 Å². The average molecular weight is 464 g/mol. The molecule has 0 aromatic carbocycles. The Balaban J connectivity index is 1.66. The van der Waals surface area contributed by atoms with Crippen LogP contribution in [0.4, 0.5) is 18.3 Å². The Morgan fingerprint density at radius 1 is 1.24 bits per heavy atom. The summed E-state index contributed by atoms with van der Waals surface area (Å²) in [6, 6.07) is 0.713. The van der Waals surface area contributed by atoms with Gasteiger partial charge in [-0.05, 0) is 6.07 Å². The number of nitrogens with zero attached hydrogens (tertiary/aromatic N) is 5. The maximum absolute atomic E-state index is 13.3. The molecule has 1 saturated heterocycles. The second kappa shape index (κ2) is 7.15. The number of anilines is 1. The summed E-state index contributed by atoms with van der Waals surface area (Å²) >= 11 is 13.2. The fraction of sp³-hybridized carbons (Fsp3) is 0.250. The van der Waals surface area contributed by atoms with E-state index in [1.165, 1.54) is 21.1 Å². The number of carbonyl (C=O) groups excluding carboxylic acids is 2. The molecule has 0 radical (unpaired) electrons. The van der Waals surface area contributed by atoms with Crippen LogP contribution in [-0.2, 0) is 11.0 Å². The van der Waals surface area contributed by atoms with Gasteiger partial charge in [-0.1, -0.05) is 23.2 Å². The number of thiazole rings is 1. The highest BCUT2D eigenvalue weighted by Crippen LogP contribution is 2.36. The molecule has 0 N–H and O–H groups in total. The van der Waals surface area contributed by atoms with Gasteiger partial charge in [-0.15, -0.1) is 11.3 Å². The van der Waals surface area contributed by atoms with Crippen molar-refractivity contribution in [3.63, 3.8) is 0 Å². The van der Waals surface area contributed by atoms with Gasteiger partial charge in [0.05, 0.1) is 5.02 Å². The molecule has 29 heavy (non-hydrogen) atoms. The van der Waals surface area contributed by atoms with Crippen LogP contribution < -0.4 is 4.90 Å². The summed E-state index contributed by atoms with van der Waals surface area (Å²) in [6.45, 7) is 0.0828. The van der Waals surface area contributed by atoms with Gasteiger partial charge in [0.25, 0.3) is 5.91 Å². The van der Waals surface area contributed by atoms with Gasteiger partial charge in [-0.2, -0.15) is 13.2 Å². The molecule has 0 unspecified atom stereocenters. The molecule has 0 spiro atoms. The number of rotatable bonds is 2. The van der Waals surface area contributed by atoms with Gasteiger partial charge >= 0.3 is 6.18 Å². The molecule has 1 aliphatic rings. The molecular weight excluding hydrogens is 454 g/mol. The second-order valence-corrected chi connectivity index (χ2v) is 7.77. The molecule has 1 aliphatic heterocycles. The Morgan fingerprint density at radius 2 is 2.00 bits per heavy atom. The molecule has 4 heterocycles. The van der Waals surface area contributed by atoms with Crippen LogP contribution in [0, 0.1) is 0 Å². The van der Waals surface area contributed by atoms with Crippen LogP contribution >= 0.6 is 34.5 Å². The fourth-order valence-electron chi connectivity index (χ4n) is 2.98. The van der Waals surface area contributed by atoms with Crippen molar-refractivity contribution >= 4 is 57.1 Å². The molecule has 0 atom stereocenters. The summed E-state index contributed by atoms with van der Waals surface area (Å²) < 4.78 is 40.9. The molecule has 0 bridgehead atoms. The van der Waals surface area contributed by atoms with Crippen molar-refractivity contribution in [3.8, 4) is 0 Å². The van der Waals surface area contributed by atoms with Crippen molar-refractivity contribution in [1.82, 2.24) is 19.3 Å². The minimum atomic E-state index is -4.74. The maximum atomic E-state index is 13.3. The summed E-state index contributed by atoms with van der Waals surface area (Å²) in [4.78, 5) is 35.8. The summed E-state index contributed by atoms with van der Waals surface area (Å²) in [5.74, 6) is -1.10. The van der Waals surface area contributed by atoms with Crippen LogP contribution in [0.1, 0.15) is 16.1 Å². The van der Waals surface area contributed by atoms with Gasteiger partial charge in [0, 0.05) is 30.9 Å². The SMILES string of the molecule is O=C(c1nc2c(C(F)(F)F)cc(Cl)cn2c1Cl)N1CCN(c2nccs2)C(=O)C1. The third-order valence-electron chi connectivity index (χ3n) is 4.29. The summed E-state index contributed by atoms with van der Waals surface area (Å²) in [5.41, 5.74) is -2.03. The molecule has 3 aromatic heterocycles. The molecule has 7 nitrogen and oxygen atoms in total. The van der Waals surface area contributed by atoms with E-state index in [0.29, 0.717) is 11.2 Å². The Bertz CT molecular complexity index is 1120. The number of piperazine rings is 1. The molecule has 152 valence electrons. The minimum absolute atomic E-state index is 0.154. The largest absolute Gasteiger partial charge is 0.420 e. The van der Waals surface area contributed by atoms with Crippen molar-refractivity contribution in [3.05, 3.63) is 45.3 Å². The lowest BCUT2D eigenvalue weighted by molar-refractivity contribution is -0.136. The number of halogens is 5. The predicted molar refractivity (Wildman–Crippen MR) is 101 cm³/mol.